The summed E-state index contributed by atoms with van der Waals surface area (Å²) in [6.07, 6.45) is 2.42. The van der Waals surface area contributed by atoms with Gasteiger partial charge in [-0.3, -0.25) is 4.79 Å². The molecule has 0 atom stereocenters. The number of benzene rings is 1. The maximum absolute atomic E-state index is 12.2. The number of carbonyl (C=O) groups excluding carboxylic acids is 1. The van der Waals surface area contributed by atoms with Crippen molar-refractivity contribution in [2.24, 2.45) is 0 Å². The normalized spacial score (nSPS) is 13.2. The van der Waals surface area contributed by atoms with E-state index in [2.05, 4.69) is 11.4 Å². The standard InChI is InChI=1S/C16H16O3S/c17-14(5-1-3-13-4-2-10-20-13)12-6-7-15-16(11-12)19-9-8-18-15/h2,4,6-7,10-11H,1,3,5,8-9H2. The predicted molar refractivity (Wildman–Crippen MR) is 79.0 cm³/mol. The third-order valence-corrected chi connectivity index (χ3v) is 4.21. The van der Waals surface area contributed by atoms with Crippen molar-refractivity contribution in [2.45, 2.75) is 19.3 Å². The average Bonchev–Trinajstić information content (AvgIpc) is 3.00. The second kappa shape index (κ2) is 6.09. The van der Waals surface area contributed by atoms with Crippen molar-refractivity contribution in [3.05, 3.63) is 46.2 Å². The highest BCUT2D eigenvalue weighted by Crippen LogP contribution is 2.31. The molecule has 3 nitrogen and oxygen atoms in total. The molecule has 0 unspecified atom stereocenters. The van der Waals surface area contributed by atoms with Gasteiger partial charge in [0.2, 0.25) is 0 Å². The van der Waals surface area contributed by atoms with Crippen LogP contribution in [0.25, 0.3) is 0 Å². The molecule has 1 aromatic carbocycles. The molecule has 1 aliphatic rings. The van der Waals surface area contributed by atoms with Crippen LogP contribution in [0, 0.1) is 0 Å². The van der Waals surface area contributed by atoms with E-state index in [9.17, 15) is 4.79 Å². The summed E-state index contributed by atoms with van der Waals surface area (Å²) in [5.41, 5.74) is 0.709. The van der Waals surface area contributed by atoms with Gasteiger partial charge in [0.1, 0.15) is 13.2 Å². The van der Waals surface area contributed by atoms with E-state index in [0.717, 1.165) is 18.6 Å². The van der Waals surface area contributed by atoms with Crippen LogP contribution >= 0.6 is 11.3 Å². The number of thiophene rings is 1. The van der Waals surface area contributed by atoms with Crippen LogP contribution in [0.4, 0.5) is 0 Å². The molecule has 0 N–H and O–H groups in total. The van der Waals surface area contributed by atoms with Gasteiger partial charge in [-0.15, -0.1) is 11.3 Å². The molecule has 104 valence electrons. The summed E-state index contributed by atoms with van der Waals surface area (Å²) in [5, 5.41) is 2.07. The summed E-state index contributed by atoms with van der Waals surface area (Å²) >= 11 is 1.74. The quantitative estimate of drug-likeness (QED) is 0.787. The summed E-state index contributed by atoms with van der Waals surface area (Å²) in [5.74, 6) is 1.57. The van der Waals surface area contributed by atoms with Crippen molar-refractivity contribution < 1.29 is 14.3 Å². The summed E-state index contributed by atoms with van der Waals surface area (Å²) in [4.78, 5) is 13.5. The Bertz CT molecular complexity index is 590. The number of fused-ring (bicyclic) bond motifs is 1. The van der Waals surface area contributed by atoms with Crippen LogP contribution in [0.5, 0.6) is 11.5 Å². The lowest BCUT2D eigenvalue weighted by Crippen LogP contribution is -2.15. The van der Waals surface area contributed by atoms with Gasteiger partial charge in [0.25, 0.3) is 0 Å². The Kier molecular flexibility index (Phi) is 4.02. The van der Waals surface area contributed by atoms with Crippen LogP contribution in [0.3, 0.4) is 0 Å². The van der Waals surface area contributed by atoms with Crippen molar-refractivity contribution in [1.82, 2.24) is 0 Å². The lowest BCUT2D eigenvalue weighted by Gasteiger charge is -2.18. The zero-order valence-corrected chi connectivity index (χ0v) is 11.9. The fourth-order valence-corrected chi connectivity index (χ4v) is 2.99. The van der Waals surface area contributed by atoms with E-state index < -0.39 is 0 Å². The number of aryl methyl sites for hydroxylation is 1. The van der Waals surface area contributed by atoms with E-state index >= 15 is 0 Å². The highest BCUT2D eigenvalue weighted by atomic mass is 32.1. The lowest BCUT2D eigenvalue weighted by atomic mass is 10.0. The Morgan fingerprint density at radius 2 is 2.00 bits per heavy atom. The molecule has 4 heteroatoms. The van der Waals surface area contributed by atoms with Gasteiger partial charge < -0.3 is 9.47 Å². The van der Waals surface area contributed by atoms with Crippen molar-refractivity contribution in [3.63, 3.8) is 0 Å². The number of carbonyl (C=O) groups is 1. The first kappa shape index (κ1) is 13.2. The number of ether oxygens (including phenoxy) is 2. The molecule has 0 radical (unpaired) electrons. The molecule has 1 aliphatic heterocycles. The van der Waals surface area contributed by atoms with E-state index in [4.69, 9.17) is 9.47 Å². The second-order valence-electron chi connectivity index (χ2n) is 4.71. The van der Waals surface area contributed by atoms with Gasteiger partial charge in [0.15, 0.2) is 17.3 Å². The van der Waals surface area contributed by atoms with E-state index in [0.29, 0.717) is 30.9 Å². The number of Topliss-reactive ketones (excluding diaryl/α,β-unsaturated/α-hetero) is 1. The van der Waals surface area contributed by atoms with Crippen LogP contribution in [-0.2, 0) is 6.42 Å². The van der Waals surface area contributed by atoms with Crippen molar-refractivity contribution in [1.29, 1.82) is 0 Å². The van der Waals surface area contributed by atoms with Gasteiger partial charge >= 0.3 is 0 Å². The lowest BCUT2D eigenvalue weighted by molar-refractivity contribution is 0.0979. The maximum atomic E-state index is 12.2. The third-order valence-electron chi connectivity index (χ3n) is 3.27. The van der Waals surface area contributed by atoms with Crippen molar-refractivity contribution in [3.8, 4) is 11.5 Å². The minimum Gasteiger partial charge on any atom is -0.486 e. The fraction of sp³-hybridized carbons (Fsp3) is 0.312. The Hall–Kier alpha value is -1.81. The topological polar surface area (TPSA) is 35.5 Å². The van der Waals surface area contributed by atoms with Crippen LogP contribution in [0.2, 0.25) is 0 Å². The molecule has 2 heterocycles. The molecule has 1 aromatic heterocycles. The maximum Gasteiger partial charge on any atom is 0.163 e. The molecule has 0 saturated heterocycles. The summed E-state index contributed by atoms with van der Waals surface area (Å²) in [6, 6.07) is 9.59. The van der Waals surface area contributed by atoms with E-state index in [1.165, 1.54) is 4.88 Å². The predicted octanol–water partition coefficient (Wildman–Crippen LogP) is 3.72. The Balaban J connectivity index is 1.59. The first-order valence-electron chi connectivity index (χ1n) is 6.78. The average molecular weight is 288 g/mol. The summed E-state index contributed by atoms with van der Waals surface area (Å²) in [7, 11) is 0. The minimum absolute atomic E-state index is 0.165. The Labute approximate surface area is 122 Å². The van der Waals surface area contributed by atoms with Crippen LogP contribution in [0.1, 0.15) is 28.1 Å². The van der Waals surface area contributed by atoms with E-state index in [-0.39, 0.29) is 5.78 Å². The Morgan fingerprint density at radius 1 is 1.15 bits per heavy atom. The molecule has 20 heavy (non-hydrogen) atoms. The fourth-order valence-electron chi connectivity index (χ4n) is 2.24. The molecule has 0 bridgehead atoms. The number of hydrogen-bond acceptors (Lipinski definition) is 4. The van der Waals surface area contributed by atoms with Crippen molar-refractivity contribution in [2.75, 3.05) is 13.2 Å². The second-order valence-corrected chi connectivity index (χ2v) is 5.75. The molecule has 0 spiro atoms. The molecule has 3 rings (SSSR count). The first-order chi connectivity index (χ1) is 9.83. The van der Waals surface area contributed by atoms with Gasteiger partial charge in [-0.25, -0.2) is 0 Å². The van der Waals surface area contributed by atoms with E-state index in [1.54, 1.807) is 17.4 Å². The molecular weight excluding hydrogens is 272 g/mol. The van der Waals surface area contributed by atoms with Gasteiger partial charge in [-0.05, 0) is 42.5 Å². The highest BCUT2D eigenvalue weighted by Gasteiger charge is 2.14. The summed E-state index contributed by atoms with van der Waals surface area (Å²) in [6.45, 7) is 1.12. The Morgan fingerprint density at radius 3 is 2.80 bits per heavy atom. The number of hydrogen-bond donors (Lipinski definition) is 0. The van der Waals surface area contributed by atoms with Crippen LogP contribution < -0.4 is 9.47 Å². The van der Waals surface area contributed by atoms with Gasteiger partial charge in [-0.1, -0.05) is 6.07 Å². The monoisotopic (exact) mass is 288 g/mol. The molecule has 0 fully saturated rings. The number of ketones is 1. The molecular formula is C16H16O3S. The largest absolute Gasteiger partial charge is 0.486 e. The van der Waals surface area contributed by atoms with Crippen molar-refractivity contribution >= 4 is 17.1 Å². The van der Waals surface area contributed by atoms with Crippen LogP contribution in [0.15, 0.2) is 35.7 Å². The smallest absolute Gasteiger partial charge is 0.163 e. The molecule has 0 amide bonds. The van der Waals surface area contributed by atoms with Gasteiger partial charge in [0, 0.05) is 16.9 Å². The molecule has 2 aromatic rings. The van der Waals surface area contributed by atoms with Crippen LogP contribution in [-0.4, -0.2) is 19.0 Å². The van der Waals surface area contributed by atoms with E-state index in [1.807, 2.05) is 18.2 Å². The van der Waals surface area contributed by atoms with Gasteiger partial charge in [-0.2, -0.15) is 0 Å². The first-order valence-corrected chi connectivity index (χ1v) is 7.66. The third kappa shape index (κ3) is 3.02. The minimum atomic E-state index is 0.165. The summed E-state index contributed by atoms with van der Waals surface area (Å²) < 4.78 is 11.0. The number of rotatable bonds is 5. The zero-order chi connectivity index (χ0) is 13.8. The van der Waals surface area contributed by atoms with Gasteiger partial charge in [0.05, 0.1) is 0 Å². The molecule has 0 aliphatic carbocycles. The zero-order valence-electron chi connectivity index (χ0n) is 11.1. The molecule has 0 saturated carbocycles. The SMILES string of the molecule is O=C(CCCc1cccs1)c1ccc2c(c1)OCCO2. The highest BCUT2D eigenvalue weighted by molar-refractivity contribution is 7.09.